The maximum Gasteiger partial charge on any atom is 0.218 e. The van der Waals surface area contributed by atoms with Crippen molar-refractivity contribution in [1.82, 2.24) is 19.9 Å². The Morgan fingerprint density at radius 2 is 1.84 bits per heavy atom. The number of benzene rings is 2. The summed E-state index contributed by atoms with van der Waals surface area (Å²) in [6.07, 6.45) is 2.87. The summed E-state index contributed by atoms with van der Waals surface area (Å²) in [4.78, 5) is 16.5. The van der Waals surface area contributed by atoms with Crippen LogP contribution in [0, 0.1) is 0 Å². The first-order chi connectivity index (χ1) is 15.2. The number of methoxy groups -OCH3 is 2. The molecule has 1 aliphatic rings. The Hall–Kier alpha value is -3.51. The molecule has 0 fully saturated rings. The fourth-order valence-electron chi connectivity index (χ4n) is 4.07. The molecule has 0 saturated heterocycles. The number of aromatic nitrogens is 3. The highest BCUT2D eigenvalue weighted by Crippen LogP contribution is 2.28. The lowest BCUT2D eigenvalue weighted by Crippen LogP contribution is -2.31. The minimum Gasteiger partial charge on any atom is -0.497 e. The quantitative estimate of drug-likeness (QED) is 0.488. The third-order valence-corrected chi connectivity index (χ3v) is 5.70. The van der Waals surface area contributed by atoms with E-state index in [1.165, 1.54) is 5.56 Å². The van der Waals surface area contributed by atoms with Crippen molar-refractivity contribution in [3.8, 4) is 23.0 Å². The van der Waals surface area contributed by atoms with E-state index in [1.807, 2.05) is 54.7 Å². The lowest BCUT2D eigenvalue weighted by molar-refractivity contribution is 0.238. The third-order valence-electron chi connectivity index (χ3n) is 5.70. The van der Waals surface area contributed by atoms with Gasteiger partial charge in [-0.15, -0.1) is 0 Å². The molecule has 2 aromatic heterocycles. The Morgan fingerprint density at radius 3 is 2.65 bits per heavy atom. The summed E-state index contributed by atoms with van der Waals surface area (Å²) in [7, 11) is 3.33. The van der Waals surface area contributed by atoms with Crippen LogP contribution in [-0.2, 0) is 19.5 Å². The third kappa shape index (κ3) is 3.94. The normalized spacial score (nSPS) is 13.7. The summed E-state index contributed by atoms with van der Waals surface area (Å²) in [5.74, 6) is 2.24. The molecule has 3 heterocycles. The molecule has 6 nitrogen and oxygen atoms in total. The van der Waals surface area contributed by atoms with Crippen molar-refractivity contribution in [2.45, 2.75) is 19.5 Å². The van der Waals surface area contributed by atoms with Gasteiger partial charge in [-0.3, -0.25) is 4.90 Å². The van der Waals surface area contributed by atoms with E-state index in [4.69, 9.17) is 19.4 Å². The summed E-state index contributed by atoms with van der Waals surface area (Å²) in [6.45, 7) is 2.51. The highest BCUT2D eigenvalue weighted by Gasteiger charge is 2.21. The topological polar surface area (TPSA) is 60.4 Å². The van der Waals surface area contributed by atoms with Crippen LogP contribution in [0.1, 0.15) is 16.8 Å². The fraction of sp³-hybridized carbons (Fsp3) is 0.240. The number of hydrogen-bond acceptors (Lipinski definition) is 6. The van der Waals surface area contributed by atoms with E-state index in [0.29, 0.717) is 5.88 Å². The van der Waals surface area contributed by atoms with Crippen LogP contribution < -0.4 is 9.47 Å². The van der Waals surface area contributed by atoms with Gasteiger partial charge in [-0.1, -0.05) is 30.3 Å². The first-order valence-corrected chi connectivity index (χ1v) is 10.4. The van der Waals surface area contributed by atoms with Gasteiger partial charge in [0.05, 0.1) is 25.4 Å². The lowest BCUT2D eigenvalue weighted by Gasteiger charge is -2.28. The second-order valence-electron chi connectivity index (χ2n) is 7.71. The molecule has 0 saturated carbocycles. The largest absolute Gasteiger partial charge is 0.497 e. The van der Waals surface area contributed by atoms with Crippen LogP contribution in [0.2, 0.25) is 0 Å². The average Bonchev–Trinajstić information content (AvgIpc) is 2.83. The molecule has 0 spiro atoms. The zero-order valence-electron chi connectivity index (χ0n) is 17.7. The van der Waals surface area contributed by atoms with E-state index in [-0.39, 0.29) is 0 Å². The van der Waals surface area contributed by atoms with Crippen molar-refractivity contribution in [2.24, 2.45) is 0 Å². The van der Waals surface area contributed by atoms with Crippen LogP contribution in [0.5, 0.6) is 11.6 Å². The highest BCUT2D eigenvalue weighted by molar-refractivity contribution is 5.81. The van der Waals surface area contributed by atoms with Crippen LogP contribution in [0.25, 0.3) is 22.3 Å². The zero-order valence-corrected chi connectivity index (χ0v) is 17.7. The molecule has 0 unspecified atom stereocenters. The molecule has 0 radical (unpaired) electrons. The van der Waals surface area contributed by atoms with Crippen LogP contribution in [0.3, 0.4) is 0 Å². The predicted octanol–water partition coefficient (Wildman–Crippen LogP) is 4.27. The molecule has 0 aliphatic carbocycles. The Labute approximate surface area is 181 Å². The minimum atomic E-state index is 0.655. The highest BCUT2D eigenvalue weighted by atomic mass is 16.5. The van der Waals surface area contributed by atoms with Crippen LogP contribution in [0.15, 0.2) is 60.8 Å². The van der Waals surface area contributed by atoms with Gasteiger partial charge in [0, 0.05) is 60.4 Å². The van der Waals surface area contributed by atoms with Gasteiger partial charge >= 0.3 is 0 Å². The molecule has 0 atom stereocenters. The van der Waals surface area contributed by atoms with E-state index in [2.05, 4.69) is 16.0 Å². The summed E-state index contributed by atoms with van der Waals surface area (Å²) in [5, 5.41) is 1.07. The number of hydrogen-bond donors (Lipinski definition) is 0. The summed E-state index contributed by atoms with van der Waals surface area (Å²) < 4.78 is 10.9. The Morgan fingerprint density at radius 1 is 0.968 bits per heavy atom. The van der Waals surface area contributed by atoms with E-state index >= 15 is 0 Å². The van der Waals surface area contributed by atoms with Gasteiger partial charge in [0.25, 0.3) is 0 Å². The Bertz CT molecular complexity index is 1230. The SMILES string of the molecule is COc1ccc2cc(CN3CCc4nc(-c5ccccc5)ncc4C3)c(OC)nc2c1. The molecule has 156 valence electrons. The van der Waals surface area contributed by atoms with E-state index in [1.54, 1.807) is 14.2 Å². The summed E-state index contributed by atoms with van der Waals surface area (Å²) in [6, 6.07) is 18.2. The number of pyridine rings is 1. The van der Waals surface area contributed by atoms with Gasteiger partial charge < -0.3 is 9.47 Å². The zero-order chi connectivity index (χ0) is 21.2. The molecule has 0 amide bonds. The molecule has 5 rings (SSSR count). The van der Waals surface area contributed by atoms with Gasteiger partial charge in [0.1, 0.15) is 5.75 Å². The molecule has 0 N–H and O–H groups in total. The molecule has 4 aromatic rings. The Kier molecular flexibility index (Phi) is 5.22. The summed E-state index contributed by atoms with van der Waals surface area (Å²) in [5.41, 5.74) is 5.32. The van der Waals surface area contributed by atoms with Crippen molar-refractivity contribution < 1.29 is 9.47 Å². The predicted molar refractivity (Wildman–Crippen MR) is 120 cm³/mol. The van der Waals surface area contributed by atoms with E-state index in [0.717, 1.165) is 65.4 Å². The molecule has 0 bridgehead atoms. The summed E-state index contributed by atoms with van der Waals surface area (Å²) >= 11 is 0. The second-order valence-corrected chi connectivity index (χ2v) is 7.71. The van der Waals surface area contributed by atoms with Crippen LogP contribution in [0.4, 0.5) is 0 Å². The van der Waals surface area contributed by atoms with Gasteiger partial charge in [0.15, 0.2) is 5.82 Å². The van der Waals surface area contributed by atoms with Crippen molar-refractivity contribution >= 4 is 10.9 Å². The van der Waals surface area contributed by atoms with Crippen LogP contribution >= 0.6 is 0 Å². The first-order valence-electron chi connectivity index (χ1n) is 10.4. The number of rotatable bonds is 5. The van der Waals surface area contributed by atoms with Crippen molar-refractivity contribution in [2.75, 3.05) is 20.8 Å². The van der Waals surface area contributed by atoms with Crippen molar-refractivity contribution in [1.29, 1.82) is 0 Å². The molecule has 2 aromatic carbocycles. The van der Waals surface area contributed by atoms with E-state index in [9.17, 15) is 0 Å². The number of nitrogens with zero attached hydrogens (tertiary/aromatic N) is 4. The first kappa shape index (κ1) is 19.5. The van der Waals surface area contributed by atoms with Crippen molar-refractivity contribution in [3.63, 3.8) is 0 Å². The lowest BCUT2D eigenvalue weighted by atomic mass is 10.1. The molecule has 6 heteroatoms. The number of ether oxygens (including phenoxy) is 2. The van der Waals surface area contributed by atoms with Gasteiger partial charge in [-0.25, -0.2) is 15.0 Å². The molecule has 31 heavy (non-hydrogen) atoms. The smallest absolute Gasteiger partial charge is 0.218 e. The maximum atomic E-state index is 5.60. The monoisotopic (exact) mass is 412 g/mol. The Balaban J connectivity index is 1.38. The molecular formula is C25H24N4O2. The van der Waals surface area contributed by atoms with E-state index < -0.39 is 0 Å². The van der Waals surface area contributed by atoms with Crippen LogP contribution in [-0.4, -0.2) is 40.6 Å². The molecule has 1 aliphatic heterocycles. The number of fused-ring (bicyclic) bond motifs is 2. The maximum absolute atomic E-state index is 5.60. The van der Waals surface area contributed by atoms with Crippen molar-refractivity contribution in [3.05, 3.63) is 77.6 Å². The fourth-order valence-corrected chi connectivity index (χ4v) is 4.07. The minimum absolute atomic E-state index is 0.655. The average molecular weight is 412 g/mol. The van der Waals surface area contributed by atoms with Gasteiger partial charge in [-0.05, 0) is 18.2 Å². The standard InChI is InChI=1S/C25H24N4O2/c1-30-21-9-8-18-12-19(25(31-2)28-23(18)13-21)15-29-11-10-22-20(16-29)14-26-24(27-22)17-6-4-3-5-7-17/h3-9,12-14H,10-11,15-16H2,1-2H3. The van der Waals surface area contributed by atoms with Gasteiger partial charge in [0.2, 0.25) is 5.88 Å². The second kappa shape index (κ2) is 8.32. The molecular weight excluding hydrogens is 388 g/mol. The van der Waals surface area contributed by atoms with Gasteiger partial charge in [-0.2, -0.15) is 0 Å².